The Labute approximate surface area is 105 Å². The predicted molar refractivity (Wildman–Crippen MR) is 70.2 cm³/mol. The lowest BCUT2D eigenvalue weighted by Crippen LogP contribution is -2.18. The summed E-state index contributed by atoms with van der Waals surface area (Å²) in [5.74, 6) is 1.24. The Morgan fingerprint density at radius 3 is 2.61 bits per heavy atom. The van der Waals surface area contributed by atoms with Crippen LogP contribution in [0.3, 0.4) is 0 Å². The van der Waals surface area contributed by atoms with Gasteiger partial charge in [0.15, 0.2) is 0 Å². The maximum absolute atomic E-state index is 11.5. The van der Waals surface area contributed by atoms with Gasteiger partial charge in [-0.3, -0.25) is 9.78 Å². The van der Waals surface area contributed by atoms with Crippen LogP contribution in [0.25, 0.3) is 5.95 Å². The number of rotatable bonds is 3. The SMILES string of the molecule is Cc1cc(=O)[nH]c(-n2nc(C)cc2NC(C)C)n1. The quantitative estimate of drug-likeness (QED) is 0.859. The summed E-state index contributed by atoms with van der Waals surface area (Å²) in [7, 11) is 0. The normalized spacial score (nSPS) is 10.9. The molecule has 2 rings (SSSR count). The molecule has 18 heavy (non-hydrogen) atoms. The van der Waals surface area contributed by atoms with Crippen LogP contribution in [0, 0.1) is 13.8 Å². The average Bonchev–Trinajstić information content (AvgIpc) is 2.56. The highest BCUT2D eigenvalue weighted by Gasteiger charge is 2.10. The van der Waals surface area contributed by atoms with Crippen LogP contribution < -0.4 is 10.9 Å². The molecule has 2 aromatic heterocycles. The fourth-order valence-corrected chi connectivity index (χ4v) is 1.72. The molecule has 0 saturated heterocycles. The first kappa shape index (κ1) is 12.3. The molecule has 0 bridgehead atoms. The molecule has 0 unspecified atom stereocenters. The van der Waals surface area contributed by atoms with E-state index in [0.29, 0.717) is 11.6 Å². The van der Waals surface area contributed by atoms with Crippen LogP contribution in [-0.4, -0.2) is 25.8 Å². The lowest BCUT2D eigenvalue weighted by molar-refractivity contribution is 0.771. The van der Waals surface area contributed by atoms with Gasteiger partial charge in [0.05, 0.1) is 5.69 Å². The van der Waals surface area contributed by atoms with E-state index in [1.54, 1.807) is 11.6 Å². The van der Waals surface area contributed by atoms with E-state index in [2.05, 4.69) is 20.4 Å². The van der Waals surface area contributed by atoms with E-state index in [9.17, 15) is 4.79 Å². The zero-order chi connectivity index (χ0) is 13.3. The molecule has 0 radical (unpaired) electrons. The van der Waals surface area contributed by atoms with Gasteiger partial charge >= 0.3 is 0 Å². The molecule has 0 aliphatic rings. The summed E-state index contributed by atoms with van der Waals surface area (Å²) < 4.78 is 1.61. The van der Waals surface area contributed by atoms with Crippen molar-refractivity contribution in [2.24, 2.45) is 0 Å². The van der Waals surface area contributed by atoms with Crippen LogP contribution in [0.2, 0.25) is 0 Å². The summed E-state index contributed by atoms with van der Waals surface area (Å²) in [5.41, 5.74) is 1.35. The Kier molecular flexibility index (Phi) is 3.18. The van der Waals surface area contributed by atoms with Crippen molar-refractivity contribution in [2.45, 2.75) is 33.7 Å². The average molecular weight is 247 g/mol. The van der Waals surface area contributed by atoms with E-state index in [0.717, 1.165) is 11.5 Å². The maximum Gasteiger partial charge on any atom is 0.252 e. The zero-order valence-electron chi connectivity index (χ0n) is 11.0. The smallest absolute Gasteiger partial charge is 0.252 e. The highest BCUT2D eigenvalue weighted by Crippen LogP contribution is 2.14. The second-order valence-corrected chi connectivity index (χ2v) is 4.59. The van der Waals surface area contributed by atoms with Crippen molar-refractivity contribution in [1.29, 1.82) is 0 Å². The van der Waals surface area contributed by atoms with E-state index in [1.807, 2.05) is 26.8 Å². The monoisotopic (exact) mass is 247 g/mol. The van der Waals surface area contributed by atoms with Gasteiger partial charge in [-0.25, -0.2) is 4.98 Å². The summed E-state index contributed by atoms with van der Waals surface area (Å²) in [5, 5.41) is 7.61. The molecule has 0 aliphatic carbocycles. The van der Waals surface area contributed by atoms with Crippen molar-refractivity contribution in [3.8, 4) is 5.95 Å². The number of aromatic nitrogens is 4. The maximum atomic E-state index is 11.5. The molecule has 0 spiro atoms. The molecule has 6 nitrogen and oxygen atoms in total. The van der Waals surface area contributed by atoms with Crippen LogP contribution in [-0.2, 0) is 0 Å². The molecule has 0 saturated carbocycles. The summed E-state index contributed by atoms with van der Waals surface area (Å²) in [6, 6.07) is 3.65. The van der Waals surface area contributed by atoms with Crippen molar-refractivity contribution < 1.29 is 0 Å². The molecule has 0 aromatic carbocycles. The molecule has 2 heterocycles. The summed E-state index contributed by atoms with van der Waals surface area (Å²) in [4.78, 5) is 18.4. The second-order valence-electron chi connectivity index (χ2n) is 4.59. The Morgan fingerprint density at radius 2 is 2.00 bits per heavy atom. The van der Waals surface area contributed by atoms with Gasteiger partial charge in [-0.2, -0.15) is 9.78 Å². The minimum Gasteiger partial charge on any atom is -0.368 e. The molecule has 2 aromatic rings. The Balaban J connectivity index is 2.52. The van der Waals surface area contributed by atoms with Crippen LogP contribution in [0.5, 0.6) is 0 Å². The molecule has 0 fully saturated rings. The van der Waals surface area contributed by atoms with Crippen molar-refractivity contribution >= 4 is 5.82 Å². The number of aryl methyl sites for hydroxylation is 2. The summed E-state index contributed by atoms with van der Waals surface area (Å²) in [6.07, 6.45) is 0. The lowest BCUT2D eigenvalue weighted by atomic mass is 10.4. The number of aromatic amines is 1. The third-order valence-electron chi connectivity index (χ3n) is 2.33. The highest BCUT2D eigenvalue weighted by molar-refractivity contribution is 5.42. The van der Waals surface area contributed by atoms with Gasteiger partial charge in [-0.1, -0.05) is 0 Å². The minimum absolute atomic E-state index is 0.179. The molecule has 0 atom stereocenters. The number of hydrogen-bond acceptors (Lipinski definition) is 4. The van der Waals surface area contributed by atoms with Crippen molar-refractivity contribution in [3.05, 3.63) is 33.9 Å². The first-order valence-electron chi connectivity index (χ1n) is 5.87. The van der Waals surface area contributed by atoms with Crippen LogP contribution in [0.4, 0.5) is 5.82 Å². The van der Waals surface area contributed by atoms with Crippen LogP contribution in [0.1, 0.15) is 25.2 Å². The Hall–Kier alpha value is -2.11. The van der Waals surface area contributed by atoms with Crippen molar-refractivity contribution in [1.82, 2.24) is 19.7 Å². The molecule has 0 aliphatic heterocycles. The van der Waals surface area contributed by atoms with Gasteiger partial charge < -0.3 is 5.32 Å². The number of hydrogen-bond donors (Lipinski definition) is 2. The first-order chi connectivity index (χ1) is 8.45. The number of H-pyrrole nitrogens is 1. The van der Waals surface area contributed by atoms with Crippen molar-refractivity contribution in [2.75, 3.05) is 5.32 Å². The molecule has 0 amide bonds. The Bertz CT molecular complexity index is 611. The van der Waals surface area contributed by atoms with Gasteiger partial charge in [-0.15, -0.1) is 0 Å². The van der Waals surface area contributed by atoms with Gasteiger partial charge in [-0.05, 0) is 27.7 Å². The highest BCUT2D eigenvalue weighted by atomic mass is 16.1. The van der Waals surface area contributed by atoms with E-state index in [1.165, 1.54) is 6.07 Å². The van der Waals surface area contributed by atoms with Crippen molar-refractivity contribution in [3.63, 3.8) is 0 Å². The fraction of sp³-hybridized carbons (Fsp3) is 0.417. The fourth-order valence-electron chi connectivity index (χ4n) is 1.72. The molecular weight excluding hydrogens is 230 g/mol. The van der Waals surface area contributed by atoms with E-state index in [-0.39, 0.29) is 11.6 Å². The number of nitrogens with zero attached hydrogens (tertiary/aromatic N) is 3. The molecular formula is C12H17N5O. The standard InChI is InChI=1S/C12H17N5O/c1-7(2)13-10-5-9(4)16-17(10)12-14-8(3)6-11(18)15-12/h5-7,13H,1-4H3,(H,14,15,18). The largest absolute Gasteiger partial charge is 0.368 e. The molecule has 2 N–H and O–H groups in total. The van der Waals surface area contributed by atoms with Crippen LogP contribution >= 0.6 is 0 Å². The summed E-state index contributed by atoms with van der Waals surface area (Å²) in [6.45, 7) is 7.76. The van der Waals surface area contributed by atoms with Gasteiger partial charge in [0.1, 0.15) is 5.82 Å². The number of anilines is 1. The molecule has 96 valence electrons. The van der Waals surface area contributed by atoms with Gasteiger partial charge in [0.25, 0.3) is 5.56 Å². The first-order valence-corrected chi connectivity index (χ1v) is 5.87. The number of nitrogens with one attached hydrogen (secondary N) is 2. The molecule has 6 heteroatoms. The van der Waals surface area contributed by atoms with Gasteiger partial charge in [0.2, 0.25) is 5.95 Å². The predicted octanol–water partition coefficient (Wildman–Crippen LogP) is 1.39. The third-order valence-corrected chi connectivity index (χ3v) is 2.33. The second kappa shape index (κ2) is 4.64. The summed E-state index contributed by atoms with van der Waals surface area (Å²) >= 11 is 0. The van der Waals surface area contributed by atoms with E-state index < -0.39 is 0 Å². The Morgan fingerprint density at radius 1 is 1.28 bits per heavy atom. The van der Waals surface area contributed by atoms with Crippen LogP contribution in [0.15, 0.2) is 16.9 Å². The topological polar surface area (TPSA) is 75.6 Å². The van der Waals surface area contributed by atoms with E-state index in [4.69, 9.17) is 0 Å². The van der Waals surface area contributed by atoms with E-state index >= 15 is 0 Å². The third kappa shape index (κ3) is 2.58. The minimum atomic E-state index is -0.179. The van der Waals surface area contributed by atoms with Gasteiger partial charge in [0, 0.05) is 23.9 Å². The zero-order valence-corrected chi connectivity index (χ0v) is 11.0. The lowest BCUT2D eigenvalue weighted by Gasteiger charge is -2.11.